The molecule has 0 heterocycles. The zero-order valence-corrected chi connectivity index (χ0v) is 10.2. The number of carbonyl (C=O) groups is 1. The summed E-state index contributed by atoms with van der Waals surface area (Å²) in [6, 6.07) is 3.65. The molecule has 0 atom stereocenters. The molecule has 0 spiro atoms. The number of aliphatic carboxylic acids is 1. The number of hydrogen-bond donors (Lipinski definition) is 2. The Balaban J connectivity index is 2.84. The summed E-state index contributed by atoms with van der Waals surface area (Å²) in [5, 5.41) is 11.6. The van der Waals surface area contributed by atoms with Crippen LogP contribution in [0.1, 0.15) is 12.0 Å². The van der Waals surface area contributed by atoms with Gasteiger partial charge in [0.2, 0.25) is 0 Å². The van der Waals surface area contributed by atoms with Gasteiger partial charge in [-0.05, 0) is 18.6 Å². The number of carboxylic acid groups (broad SMARTS) is 1. The van der Waals surface area contributed by atoms with Crippen LogP contribution in [0.2, 0.25) is 0 Å². The smallest absolute Gasteiger partial charge is 0.305 e. The van der Waals surface area contributed by atoms with Gasteiger partial charge < -0.3 is 19.9 Å². The summed E-state index contributed by atoms with van der Waals surface area (Å²) >= 11 is 0. The second kappa shape index (κ2) is 5.98. The maximum Gasteiger partial charge on any atom is 0.305 e. The van der Waals surface area contributed by atoms with Crippen molar-refractivity contribution in [2.45, 2.75) is 13.3 Å². The zero-order chi connectivity index (χ0) is 12.8. The number of methoxy groups -OCH3 is 2. The summed E-state index contributed by atoms with van der Waals surface area (Å²) in [6.07, 6.45) is 0.0549. The average molecular weight is 239 g/mol. The van der Waals surface area contributed by atoms with E-state index in [2.05, 4.69) is 5.32 Å². The fraction of sp³-hybridized carbons (Fsp3) is 0.417. The molecular weight excluding hydrogens is 222 g/mol. The monoisotopic (exact) mass is 239 g/mol. The van der Waals surface area contributed by atoms with E-state index in [1.807, 2.05) is 13.0 Å². The lowest BCUT2D eigenvalue weighted by Gasteiger charge is -2.14. The molecule has 0 unspecified atom stereocenters. The minimum absolute atomic E-state index is 0.0549. The molecule has 0 aliphatic heterocycles. The van der Waals surface area contributed by atoms with Gasteiger partial charge in [-0.25, -0.2) is 0 Å². The van der Waals surface area contributed by atoms with Gasteiger partial charge in [-0.3, -0.25) is 4.79 Å². The van der Waals surface area contributed by atoms with Crippen molar-refractivity contribution in [2.75, 3.05) is 26.1 Å². The van der Waals surface area contributed by atoms with Gasteiger partial charge in [0.05, 0.1) is 26.3 Å². The molecule has 0 aliphatic carbocycles. The molecule has 17 heavy (non-hydrogen) atoms. The predicted octanol–water partition coefficient (Wildman–Crippen LogP) is 1.90. The number of rotatable bonds is 6. The van der Waals surface area contributed by atoms with E-state index >= 15 is 0 Å². The largest absolute Gasteiger partial charge is 0.496 e. The molecule has 0 aliphatic rings. The Morgan fingerprint density at radius 2 is 1.94 bits per heavy atom. The highest BCUT2D eigenvalue weighted by Gasteiger charge is 2.08. The standard InChI is InChI=1S/C12H17NO4/c1-8-6-11(17-3)9(7-10(8)16-2)13-5-4-12(14)15/h6-7,13H,4-5H2,1-3H3,(H,14,15). The highest BCUT2D eigenvalue weighted by Crippen LogP contribution is 2.32. The van der Waals surface area contributed by atoms with Gasteiger partial charge in [0.25, 0.3) is 0 Å². The Hall–Kier alpha value is -1.91. The third-order valence-electron chi connectivity index (χ3n) is 2.37. The van der Waals surface area contributed by atoms with Crippen molar-refractivity contribution >= 4 is 11.7 Å². The van der Waals surface area contributed by atoms with Crippen LogP contribution < -0.4 is 14.8 Å². The normalized spacial score (nSPS) is 9.82. The zero-order valence-electron chi connectivity index (χ0n) is 10.2. The lowest BCUT2D eigenvalue weighted by Crippen LogP contribution is -2.08. The van der Waals surface area contributed by atoms with Crippen LogP contribution in [0.25, 0.3) is 0 Å². The van der Waals surface area contributed by atoms with Gasteiger partial charge in [-0.15, -0.1) is 0 Å². The summed E-state index contributed by atoms with van der Waals surface area (Å²) in [5.74, 6) is 0.577. The number of benzene rings is 1. The van der Waals surface area contributed by atoms with E-state index in [9.17, 15) is 4.79 Å². The summed E-state index contributed by atoms with van der Waals surface area (Å²) in [6.45, 7) is 2.26. The molecule has 0 amide bonds. The first-order valence-corrected chi connectivity index (χ1v) is 5.26. The molecule has 0 aromatic heterocycles. The summed E-state index contributed by atoms with van der Waals surface area (Å²) in [4.78, 5) is 10.4. The molecule has 5 heteroatoms. The maximum atomic E-state index is 10.4. The molecule has 5 nitrogen and oxygen atoms in total. The van der Waals surface area contributed by atoms with Crippen molar-refractivity contribution in [3.8, 4) is 11.5 Å². The fourth-order valence-electron chi connectivity index (χ4n) is 1.49. The first kappa shape index (κ1) is 13.2. The van der Waals surface area contributed by atoms with Crippen molar-refractivity contribution in [1.82, 2.24) is 0 Å². The van der Waals surface area contributed by atoms with Gasteiger partial charge in [0.1, 0.15) is 11.5 Å². The van der Waals surface area contributed by atoms with Crippen LogP contribution in [-0.4, -0.2) is 31.8 Å². The third-order valence-corrected chi connectivity index (χ3v) is 2.37. The molecule has 1 aromatic rings. The molecule has 0 radical (unpaired) electrons. The van der Waals surface area contributed by atoms with Gasteiger partial charge in [0.15, 0.2) is 0 Å². The average Bonchev–Trinajstić information content (AvgIpc) is 2.30. The van der Waals surface area contributed by atoms with Crippen molar-refractivity contribution in [1.29, 1.82) is 0 Å². The Morgan fingerprint density at radius 1 is 1.29 bits per heavy atom. The molecule has 0 saturated heterocycles. The topological polar surface area (TPSA) is 67.8 Å². The summed E-state index contributed by atoms with van der Waals surface area (Å²) in [5.41, 5.74) is 1.70. The Labute approximate surface area is 100 Å². The number of aryl methyl sites for hydroxylation is 1. The van der Waals surface area contributed by atoms with E-state index in [-0.39, 0.29) is 6.42 Å². The maximum absolute atomic E-state index is 10.4. The van der Waals surface area contributed by atoms with E-state index in [4.69, 9.17) is 14.6 Å². The van der Waals surface area contributed by atoms with Crippen molar-refractivity contribution in [2.24, 2.45) is 0 Å². The third kappa shape index (κ3) is 3.55. The van der Waals surface area contributed by atoms with Crippen LogP contribution in [0.5, 0.6) is 11.5 Å². The van der Waals surface area contributed by atoms with E-state index in [1.54, 1.807) is 20.3 Å². The lowest BCUT2D eigenvalue weighted by atomic mass is 10.2. The van der Waals surface area contributed by atoms with Crippen molar-refractivity contribution in [3.63, 3.8) is 0 Å². The first-order chi connectivity index (χ1) is 8.08. The SMILES string of the molecule is COc1cc(NCCC(=O)O)c(OC)cc1C. The van der Waals surface area contributed by atoms with Crippen LogP contribution >= 0.6 is 0 Å². The Bertz CT molecular complexity index is 404. The molecule has 94 valence electrons. The first-order valence-electron chi connectivity index (χ1n) is 5.26. The number of carboxylic acids is 1. The van der Waals surface area contributed by atoms with Crippen molar-refractivity contribution in [3.05, 3.63) is 17.7 Å². The van der Waals surface area contributed by atoms with Gasteiger partial charge in [-0.2, -0.15) is 0 Å². The molecule has 1 aromatic carbocycles. The second-order valence-corrected chi connectivity index (χ2v) is 3.59. The quantitative estimate of drug-likeness (QED) is 0.793. The molecule has 0 fully saturated rings. The number of ether oxygens (including phenoxy) is 2. The summed E-state index contributed by atoms with van der Waals surface area (Å²) in [7, 11) is 3.17. The van der Waals surface area contributed by atoms with E-state index in [0.717, 1.165) is 17.0 Å². The van der Waals surface area contributed by atoms with Crippen molar-refractivity contribution < 1.29 is 19.4 Å². The second-order valence-electron chi connectivity index (χ2n) is 3.59. The fourth-order valence-corrected chi connectivity index (χ4v) is 1.49. The molecule has 2 N–H and O–H groups in total. The number of nitrogens with one attached hydrogen (secondary N) is 1. The van der Waals surface area contributed by atoms with E-state index in [1.165, 1.54) is 0 Å². The van der Waals surface area contributed by atoms with Crippen LogP contribution in [-0.2, 0) is 4.79 Å². The lowest BCUT2D eigenvalue weighted by molar-refractivity contribution is -0.136. The molecule has 0 saturated carbocycles. The van der Waals surface area contributed by atoms with Gasteiger partial charge in [0, 0.05) is 12.6 Å². The molecule has 1 rings (SSSR count). The van der Waals surface area contributed by atoms with Crippen LogP contribution in [0, 0.1) is 6.92 Å². The highest BCUT2D eigenvalue weighted by molar-refractivity contribution is 5.68. The van der Waals surface area contributed by atoms with E-state index < -0.39 is 5.97 Å². The molecule has 0 bridgehead atoms. The Morgan fingerprint density at radius 3 is 2.47 bits per heavy atom. The van der Waals surface area contributed by atoms with Crippen LogP contribution in [0.3, 0.4) is 0 Å². The predicted molar refractivity (Wildman–Crippen MR) is 65.0 cm³/mol. The van der Waals surface area contributed by atoms with Gasteiger partial charge >= 0.3 is 5.97 Å². The molecular formula is C12H17NO4. The van der Waals surface area contributed by atoms with E-state index in [0.29, 0.717) is 12.3 Å². The van der Waals surface area contributed by atoms with Gasteiger partial charge in [-0.1, -0.05) is 0 Å². The summed E-state index contributed by atoms with van der Waals surface area (Å²) < 4.78 is 10.4. The minimum atomic E-state index is -0.837. The Kier molecular flexibility index (Phi) is 4.63. The van der Waals surface area contributed by atoms with Crippen LogP contribution in [0.15, 0.2) is 12.1 Å². The number of anilines is 1. The minimum Gasteiger partial charge on any atom is -0.496 e. The van der Waals surface area contributed by atoms with Crippen LogP contribution in [0.4, 0.5) is 5.69 Å². The highest BCUT2D eigenvalue weighted by atomic mass is 16.5. The number of hydrogen-bond acceptors (Lipinski definition) is 4.